The van der Waals surface area contributed by atoms with Gasteiger partial charge in [-0.25, -0.2) is 0 Å². The summed E-state index contributed by atoms with van der Waals surface area (Å²) in [5.74, 6) is 1.15. The monoisotopic (exact) mass is 349 g/mol. The van der Waals surface area contributed by atoms with Crippen molar-refractivity contribution in [2.45, 2.75) is 51.1 Å². The van der Waals surface area contributed by atoms with Gasteiger partial charge in [0.1, 0.15) is 0 Å². The molecule has 1 amide bonds. The molecule has 2 N–H and O–H groups in total. The number of benzene rings is 1. The van der Waals surface area contributed by atoms with E-state index in [1.807, 2.05) is 24.4 Å². The van der Waals surface area contributed by atoms with Gasteiger partial charge in [0, 0.05) is 42.5 Å². The third kappa shape index (κ3) is 4.50. The molecule has 2 aliphatic carbocycles. The fourth-order valence-electron chi connectivity index (χ4n) is 3.57. The number of amides is 1. The van der Waals surface area contributed by atoms with Crippen molar-refractivity contribution >= 4 is 11.6 Å². The first-order chi connectivity index (χ1) is 12.8. The van der Waals surface area contributed by atoms with Crippen molar-refractivity contribution in [3.05, 3.63) is 59.9 Å². The fourth-order valence-corrected chi connectivity index (χ4v) is 3.57. The van der Waals surface area contributed by atoms with Crippen LogP contribution in [0.3, 0.4) is 0 Å². The second-order valence-corrected chi connectivity index (χ2v) is 7.67. The van der Waals surface area contributed by atoms with E-state index in [0.717, 1.165) is 43.1 Å². The van der Waals surface area contributed by atoms with E-state index < -0.39 is 0 Å². The normalized spacial score (nSPS) is 18.2. The molecule has 1 aromatic heterocycles. The third-order valence-corrected chi connectivity index (χ3v) is 5.59. The molecule has 0 spiro atoms. The van der Waals surface area contributed by atoms with Crippen LogP contribution >= 0.6 is 0 Å². The molecule has 136 valence electrons. The molecule has 4 rings (SSSR count). The zero-order valence-corrected chi connectivity index (χ0v) is 15.2. The highest BCUT2D eigenvalue weighted by molar-refractivity contribution is 5.93. The highest BCUT2D eigenvalue weighted by Gasteiger charge is 2.31. The van der Waals surface area contributed by atoms with E-state index >= 15 is 0 Å². The van der Waals surface area contributed by atoms with E-state index in [1.165, 1.54) is 24.8 Å². The van der Waals surface area contributed by atoms with Gasteiger partial charge in [0.05, 0.1) is 0 Å². The Morgan fingerprint density at radius 3 is 2.69 bits per heavy atom. The van der Waals surface area contributed by atoms with Crippen molar-refractivity contribution < 1.29 is 4.79 Å². The average molecular weight is 349 g/mol. The zero-order chi connectivity index (χ0) is 17.8. The van der Waals surface area contributed by atoms with Crippen LogP contribution < -0.4 is 10.6 Å². The quantitative estimate of drug-likeness (QED) is 0.759. The number of carbonyl (C=O) groups excluding carboxylic acids is 1. The number of hydrogen-bond acceptors (Lipinski definition) is 3. The lowest BCUT2D eigenvalue weighted by molar-refractivity contribution is -0.122. The standard InChI is InChI=1S/C22H27N3O/c26-22(18-6-4-7-18)25-20-9-3-5-16(13-20)15-24-21(17-10-11-17)14-19-8-1-2-12-23-19/h1-3,5,8-9,12-13,17-18,21,24H,4,6-7,10-11,14-15H2,(H,25,26)/t21-/m1/s1. The molecular weight excluding hydrogens is 322 g/mol. The van der Waals surface area contributed by atoms with Gasteiger partial charge in [-0.3, -0.25) is 9.78 Å². The Balaban J connectivity index is 1.34. The minimum absolute atomic E-state index is 0.173. The molecule has 1 aromatic carbocycles. The molecule has 1 atom stereocenters. The number of rotatable bonds is 8. The topological polar surface area (TPSA) is 54.0 Å². The number of pyridine rings is 1. The number of aromatic nitrogens is 1. The van der Waals surface area contributed by atoms with Crippen LogP contribution in [0.4, 0.5) is 5.69 Å². The summed E-state index contributed by atoms with van der Waals surface area (Å²) in [6, 6.07) is 14.8. The van der Waals surface area contributed by atoms with E-state index in [-0.39, 0.29) is 11.8 Å². The maximum Gasteiger partial charge on any atom is 0.227 e. The second kappa shape index (κ2) is 8.00. The van der Waals surface area contributed by atoms with E-state index in [2.05, 4.69) is 39.9 Å². The smallest absolute Gasteiger partial charge is 0.227 e. The Bertz CT molecular complexity index is 738. The Morgan fingerprint density at radius 1 is 1.12 bits per heavy atom. The maximum absolute atomic E-state index is 12.1. The molecule has 2 saturated carbocycles. The van der Waals surface area contributed by atoms with Crippen molar-refractivity contribution in [1.29, 1.82) is 0 Å². The zero-order valence-electron chi connectivity index (χ0n) is 15.2. The first-order valence-corrected chi connectivity index (χ1v) is 9.81. The van der Waals surface area contributed by atoms with Crippen LogP contribution in [0, 0.1) is 11.8 Å². The van der Waals surface area contributed by atoms with E-state index in [4.69, 9.17) is 0 Å². The van der Waals surface area contributed by atoms with Crippen LogP contribution in [-0.2, 0) is 17.8 Å². The van der Waals surface area contributed by atoms with Crippen molar-refractivity contribution in [3.8, 4) is 0 Å². The first kappa shape index (κ1) is 17.2. The Morgan fingerprint density at radius 2 is 2.00 bits per heavy atom. The van der Waals surface area contributed by atoms with Gasteiger partial charge >= 0.3 is 0 Å². The summed E-state index contributed by atoms with van der Waals surface area (Å²) in [6.07, 6.45) is 8.70. The largest absolute Gasteiger partial charge is 0.326 e. The van der Waals surface area contributed by atoms with Gasteiger partial charge in [0.15, 0.2) is 0 Å². The lowest BCUT2D eigenvalue weighted by atomic mass is 9.85. The average Bonchev–Trinajstić information content (AvgIpc) is 3.43. The van der Waals surface area contributed by atoms with Crippen LogP contribution in [0.25, 0.3) is 0 Å². The molecule has 2 fully saturated rings. The molecule has 0 unspecified atom stereocenters. The summed E-state index contributed by atoms with van der Waals surface area (Å²) in [6.45, 7) is 0.821. The van der Waals surface area contributed by atoms with Crippen molar-refractivity contribution in [1.82, 2.24) is 10.3 Å². The van der Waals surface area contributed by atoms with Gasteiger partial charge < -0.3 is 10.6 Å². The summed E-state index contributed by atoms with van der Waals surface area (Å²) in [4.78, 5) is 16.6. The van der Waals surface area contributed by atoms with Gasteiger partial charge in [0.2, 0.25) is 5.91 Å². The van der Waals surface area contributed by atoms with Crippen molar-refractivity contribution in [2.75, 3.05) is 5.32 Å². The van der Waals surface area contributed by atoms with Crippen LogP contribution in [0.1, 0.15) is 43.4 Å². The van der Waals surface area contributed by atoms with E-state index in [1.54, 1.807) is 0 Å². The predicted octanol–water partition coefficient (Wildman–Crippen LogP) is 3.93. The van der Waals surface area contributed by atoms with Gasteiger partial charge in [-0.15, -0.1) is 0 Å². The number of carbonyl (C=O) groups is 1. The molecule has 0 aliphatic heterocycles. The van der Waals surface area contributed by atoms with Gasteiger partial charge in [-0.05, 0) is 61.4 Å². The summed E-state index contributed by atoms with van der Waals surface area (Å²) >= 11 is 0. The molecule has 2 aromatic rings. The number of hydrogen-bond donors (Lipinski definition) is 2. The number of nitrogens with one attached hydrogen (secondary N) is 2. The summed E-state index contributed by atoms with van der Waals surface area (Å²) in [5.41, 5.74) is 3.27. The SMILES string of the molecule is O=C(Nc1cccc(CN[C@H](Cc2ccccn2)C2CC2)c1)C1CCC1. The van der Waals surface area contributed by atoms with Crippen LogP contribution in [0.5, 0.6) is 0 Å². The Hall–Kier alpha value is -2.20. The van der Waals surface area contributed by atoms with Crippen LogP contribution in [-0.4, -0.2) is 16.9 Å². The van der Waals surface area contributed by atoms with Gasteiger partial charge in [-0.1, -0.05) is 24.6 Å². The van der Waals surface area contributed by atoms with Gasteiger partial charge in [-0.2, -0.15) is 0 Å². The van der Waals surface area contributed by atoms with Crippen molar-refractivity contribution in [3.63, 3.8) is 0 Å². The lowest BCUT2D eigenvalue weighted by Gasteiger charge is -2.24. The molecular formula is C22H27N3O. The lowest BCUT2D eigenvalue weighted by Crippen LogP contribution is -2.33. The second-order valence-electron chi connectivity index (χ2n) is 7.67. The molecule has 0 bridgehead atoms. The molecule has 26 heavy (non-hydrogen) atoms. The Kier molecular flexibility index (Phi) is 5.30. The highest BCUT2D eigenvalue weighted by Crippen LogP contribution is 2.34. The minimum Gasteiger partial charge on any atom is -0.326 e. The molecule has 0 saturated heterocycles. The minimum atomic E-state index is 0.173. The van der Waals surface area contributed by atoms with E-state index in [0.29, 0.717) is 6.04 Å². The Labute approximate surface area is 155 Å². The summed E-state index contributed by atoms with van der Waals surface area (Å²) in [5, 5.41) is 6.79. The maximum atomic E-state index is 12.1. The van der Waals surface area contributed by atoms with Gasteiger partial charge in [0.25, 0.3) is 0 Å². The molecule has 4 heteroatoms. The van der Waals surface area contributed by atoms with E-state index in [9.17, 15) is 4.79 Å². The molecule has 0 radical (unpaired) electrons. The van der Waals surface area contributed by atoms with Crippen LogP contribution in [0.2, 0.25) is 0 Å². The fraction of sp³-hybridized carbons (Fsp3) is 0.455. The third-order valence-electron chi connectivity index (χ3n) is 5.59. The van der Waals surface area contributed by atoms with Crippen molar-refractivity contribution in [2.24, 2.45) is 11.8 Å². The predicted molar refractivity (Wildman–Crippen MR) is 104 cm³/mol. The van der Waals surface area contributed by atoms with Crippen LogP contribution in [0.15, 0.2) is 48.7 Å². The molecule has 2 aliphatic rings. The molecule has 4 nitrogen and oxygen atoms in total. The molecule has 1 heterocycles. The summed E-state index contributed by atoms with van der Waals surface area (Å²) in [7, 11) is 0. The first-order valence-electron chi connectivity index (χ1n) is 9.81. The number of nitrogens with zero attached hydrogens (tertiary/aromatic N) is 1. The number of anilines is 1. The summed E-state index contributed by atoms with van der Waals surface area (Å²) < 4.78 is 0. The highest BCUT2D eigenvalue weighted by atomic mass is 16.1.